The van der Waals surface area contributed by atoms with Crippen LogP contribution in [-0.2, 0) is 60.1 Å². The van der Waals surface area contributed by atoms with Gasteiger partial charge in [-0.25, -0.2) is 8.42 Å². The third-order valence-electron chi connectivity index (χ3n) is 9.74. The highest BCUT2D eigenvalue weighted by molar-refractivity contribution is 7.92. The molecule has 296 valence electrons. The summed E-state index contributed by atoms with van der Waals surface area (Å²) in [5.41, 5.74) is 5.78. The minimum Gasteiger partial charge on any atom is -0.374 e. The van der Waals surface area contributed by atoms with E-state index in [0.29, 0.717) is 31.1 Å². The smallest absolute Gasteiger partial charge is 0.261 e. The van der Waals surface area contributed by atoms with Crippen molar-refractivity contribution in [1.29, 1.82) is 0 Å². The molecule has 1 aliphatic rings. The molecule has 1 aliphatic heterocycles. The lowest BCUT2D eigenvalue weighted by Crippen LogP contribution is -2.60. The maximum absolute atomic E-state index is 13.5. The van der Waals surface area contributed by atoms with Gasteiger partial charge in [0.05, 0.1) is 43.6 Å². The number of hydrogen-bond donors (Lipinski definition) is 1. The highest BCUT2D eigenvalue weighted by Gasteiger charge is 2.48. The highest BCUT2D eigenvalue weighted by Crippen LogP contribution is 2.31. The van der Waals surface area contributed by atoms with Crippen molar-refractivity contribution in [3.8, 4) is 11.8 Å². The molecule has 0 bridgehead atoms. The van der Waals surface area contributed by atoms with Crippen molar-refractivity contribution in [3.63, 3.8) is 0 Å². The fraction of sp³-hybridized carbons (Fsp3) is 0.224. The third-order valence-corrected chi connectivity index (χ3v) is 11.1. The summed E-state index contributed by atoms with van der Waals surface area (Å²) in [6.07, 6.45) is -3.43. The van der Waals surface area contributed by atoms with Gasteiger partial charge in [0.2, 0.25) is 0 Å². The minimum atomic E-state index is -3.89. The fourth-order valence-corrected chi connectivity index (χ4v) is 7.74. The summed E-state index contributed by atoms with van der Waals surface area (Å²) in [6, 6.07) is 53.6. The average molecular weight is 794 g/mol. The van der Waals surface area contributed by atoms with Crippen molar-refractivity contribution in [1.82, 2.24) is 0 Å². The molecule has 58 heavy (non-hydrogen) atoms. The molecule has 1 fully saturated rings. The maximum Gasteiger partial charge on any atom is 0.261 e. The number of aryl methyl sites for hydroxylation is 1. The zero-order valence-corrected chi connectivity index (χ0v) is 33.2. The molecule has 0 spiro atoms. The predicted octanol–water partition coefficient (Wildman–Crippen LogP) is 8.89. The molecule has 0 unspecified atom stereocenters. The SMILES string of the molecule is Cc1ccc(S(=O)(=O)Nc2ccccc2C#C[C@H]2O[C@H](COCc3ccccc3)[C@@H](OCc3ccccc3)[C@H](OCc3ccccc3)[C@H]2OCc2ccccc2)cc1. The second kappa shape index (κ2) is 20.2. The van der Waals surface area contributed by atoms with Crippen molar-refractivity contribution in [3.05, 3.63) is 203 Å². The molecule has 8 nitrogen and oxygen atoms in total. The van der Waals surface area contributed by atoms with Crippen molar-refractivity contribution < 1.29 is 32.1 Å². The number of benzene rings is 6. The molecule has 0 aromatic heterocycles. The molecule has 5 atom stereocenters. The fourth-order valence-electron chi connectivity index (χ4n) is 6.66. The standard InChI is InChI=1S/C49H47NO7S/c1-37-26-29-43(30-27-37)58(51,52)50-44-25-15-14-24-42(44)28-31-45-47(54-33-39-18-8-3-9-19-39)49(56-35-41-22-12-5-13-23-41)48(55-34-40-20-10-4-11-21-40)46(57-45)36-53-32-38-16-6-2-7-17-38/h2-27,29-30,45-50H,32-36H2,1H3/t45-,46-,47+,48-,49-/m1/s1. The van der Waals surface area contributed by atoms with E-state index in [1.807, 2.05) is 134 Å². The van der Waals surface area contributed by atoms with Crippen molar-refractivity contribution in [2.24, 2.45) is 0 Å². The van der Waals surface area contributed by atoms with Crippen LogP contribution in [0.5, 0.6) is 0 Å². The van der Waals surface area contributed by atoms with Gasteiger partial charge in [0.1, 0.15) is 30.5 Å². The first kappa shape index (κ1) is 40.6. The van der Waals surface area contributed by atoms with E-state index < -0.39 is 40.5 Å². The van der Waals surface area contributed by atoms with Gasteiger partial charge in [-0.1, -0.05) is 163 Å². The van der Waals surface area contributed by atoms with Crippen LogP contribution in [0.4, 0.5) is 5.69 Å². The zero-order valence-electron chi connectivity index (χ0n) is 32.4. The number of rotatable bonds is 16. The molecule has 0 radical (unpaired) electrons. The van der Waals surface area contributed by atoms with Crippen LogP contribution < -0.4 is 4.72 Å². The second-order valence-corrected chi connectivity index (χ2v) is 15.8. The van der Waals surface area contributed by atoms with E-state index in [0.717, 1.165) is 27.8 Å². The van der Waals surface area contributed by atoms with Crippen molar-refractivity contribution in [2.75, 3.05) is 11.3 Å². The average Bonchev–Trinajstić information content (AvgIpc) is 3.26. The largest absolute Gasteiger partial charge is 0.374 e. The first-order chi connectivity index (χ1) is 28.4. The van der Waals surface area contributed by atoms with E-state index in [4.69, 9.17) is 23.7 Å². The maximum atomic E-state index is 13.5. The molecule has 6 aromatic carbocycles. The zero-order chi connectivity index (χ0) is 40.0. The third kappa shape index (κ3) is 11.3. The Balaban J connectivity index is 1.24. The Kier molecular flexibility index (Phi) is 14.2. The summed E-state index contributed by atoms with van der Waals surface area (Å²) in [7, 11) is -3.89. The number of nitrogens with one attached hydrogen (secondary N) is 1. The Bertz CT molecular complexity index is 2330. The van der Waals surface area contributed by atoms with Gasteiger partial charge < -0.3 is 23.7 Å². The summed E-state index contributed by atoms with van der Waals surface area (Å²) in [6.45, 7) is 3.35. The van der Waals surface area contributed by atoms with Gasteiger partial charge >= 0.3 is 0 Å². The monoisotopic (exact) mass is 793 g/mol. The van der Waals surface area contributed by atoms with Crippen LogP contribution in [-0.4, -0.2) is 45.5 Å². The summed E-state index contributed by atoms with van der Waals surface area (Å²) < 4.78 is 63.3. The van der Waals surface area contributed by atoms with E-state index in [-0.39, 0.29) is 18.1 Å². The molecule has 1 N–H and O–H groups in total. The van der Waals surface area contributed by atoms with Crippen LogP contribution >= 0.6 is 0 Å². The van der Waals surface area contributed by atoms with Crippen LogP contribution in [0.3, 0.4) is 0 Å². The van der Waals surface area contributed by atoms with Gasteiger partial charge in [0.15, 0.2) is 0 Å². The Morgan fingerprint density at radius 2 is 1.02 bits per heavy atom. The Labute approximate surface area is 341 Å². The van der Waals surface area contributed by atoms with Crippen LogP contribution in [0.2, 0.25) is 0 Å². The molecular weight excluding hydrogens is 747 g/mol. The molecule has 0 aliphatic carbocycles. The lowest BCUT2D eigenvalue weighted by Gasteiger charge is -2.45. The Morgan fingerprint density at radius 3 is 1.57 bits per heavy atom. The predicted molar refractivity (Wildman–Crippen MR) is 225 cm³/mol. The molecule has 1 saturated heterocycles. The van der Waals surface area contributed by atoms with Crippen molar-refractivity contribution >= 4 is 15.7 Å². The van der Waals surface area contributed by atoms with Crippen LogP contribution in [0, 0.1) is 18.8 Å². The molecule has 9 heteroatoms. The number of anilines is 1. The van der Waals surface area contributed by atoms with Gasteiger partial charge in [-0.15, -0.1) is 0 Å². The summed E-state index contributed by atoms with van der Waals surface area (Å²) >= 11 is 0. The lowest BCUT2D eigenvalue weighted by atomic mass is 9.93. The number of ether oxygens (including phenoxy) is 5. The Morgan fingerprint density at radius 1 is 0.552 bits per heavy atom. The highest BCUT2D eigenvalue weighted by atomic mass is 32.2. The summed E-state index contributed by atoms with van der Waals surface area (Å²) in [5, 5.41) is 0. The second-order valence-electron chi connectivity index (χ2n) is 14.1. The van der Waals surface area contributed by atoms with Crippen LogP contribution in [0.1, 0.15) is 33.4 Å². The lowest BCUT2D eigenvalue weighted by molar-refractivity contribution is -0.261. The summed E-state index contributed by atoms with van der Waals surface area (Å²) in [4.78, 5) is 0.157. The van der Waals surface area contributed by atoms with Gasteiger partial charge in [0.25, 0.3) is 10.0 Å². The van der Waals surface area contributed by atoms with E-state index in [9.17, 15) is 8.42 Å². The molecule has 0 amide bonds. The van der Waals surface area contributed by atoms with Gasteiger partial charge in [-0.2, -0.15) is 0 Å². The van der Waals surface area contributed by atoms with Gasteiger partial charge in [0, 0.05) is 5.56 Å². The van der Waals surface area contributed by atoms with E-state index in [2.05, 4.69) is 16.6 Å². The van der Waals surface area contributed by atoms with Gasteiger partial charge in [-0.05, 0) is 53.4 Å². The number of hydrogen-bond acceptors (Lipinski definition) is 7. The normalized spacial score (nSPS) is 19.2. The molecule has 1 heterocycles. The van der Waals surface area contributed by atoms with Crippen LogP contribution in [0.25, 0.3) is 0 Å². The summed E-state index contributed by atoms with van der Waals surface area (Å²) in [5.74, 6) is 6.58. The molecule has 6 aromatic rings. The Hall–Kier alpha value is -5.57. The van der Waals surface area contributed by atoms with Gasteiger partial charge in [-0.3, -0.25) is 4.72 Å². The quantitative estimate of drug-likeness (QED) is 0.0980. The minimum absolute atomic E-state index is 0.157. The van der Waals surface area contributed by atoms with Crippen molar-refractivity contribution in [2.45, 2.75) is 68.8 Å². The molecular formula is C49H47NO7S. The molecule has 7 rings (SSSR count). The first-order valence-corrected chi connectivity index (χ1v) is 20.8. The van der Waals surface area contributed by atoms with E-state index >= 15 is 0 Å². The topological polar surface area (TPSA) is 92.3 Å². The van der Waals surface area contributed by atoms with E-state index in [1.54, 1.807) is 42.5 Å². The van der Waals surface area contributed by atoms with E-state index in [1.165, 1.54) is 0 Å². The first-order valence-electron chi connectivity index (χ1n) is 19.3. The molecule has 0 saturated carbocycles. The number of sulfonamides is 1. The number of para-hydroxylation sites is 1. The van der Waals surface area contributed by atoms with Crippen LogP contribution in [0.15, 0.2) is 175 Å².